The monoisotopic (exact) mass is 324 g/mol. The highest BCUT2D eigenvalue weighted by Gasteiger charge is 2.32. The molecule has 24 heavy (non-hydrogen) atoms. The van der Waals surface area contributed by atoms with Gasteiger partial charge in [-0.1, -0.05) is 17.7 Å². The second-order valence-electron chi connectivity index (χ2n) is 6.49. The highest BCUT2D eigenvalue weighted by atomic mass is 16.2. The van der Waals surface area contributed by atoms with Gasteiger partial charge in [0, 0.05) is 30.0 Å². The number of nitrogens with zero attached hydrogens (tertiary/aromatic N) is 3. The van der Waals surface area contributed by atoms with E-state index in [1.165, 1.54) is 0 Å². The number of nitrogens with one attached hydrogen (secondary N) is 1. The summed E-state index contributed by atoms with van der Waals surface area (Å²) in [5.41, 5.74) is 4.65. The molecule has 0 radical (unpaired) electrons. The molecule has 1 aromatic heterocycles. The molecule has 0 saturated carbocycles. The number of rotatable bonds is 2. The van der Waals surface area contributed by atoms with E-state index in [-0.39, 0.29) is 18.4 Å². The second kappa shape index (κ2) is 5.78. The number of aromatic amines is 1. The Hall–Kier alpha value is -2.63. The van der Waals surface area contributed by atoms with Gasteiger partial charge in [-0.05, 0) is 38.3 Å². The summed E-state index contributed by atoms with van der Waals surface area (Å²) in [4.78, 5) is 28.6. The third-order valence-corrected chi connectivity index (χ3v) is 4.86. The fourth-order valence-corrected chi connectivity index (χ4v) is 3.49. The van der Waals surface area contributed by atoms with Gasteiger partial charge in [0.1, 0.15) is 6.54 Å². The zero-order chi connectivity index (χ0) is 16.7. The van der Waals surface area contributed by atoms with E-state index in [0.717, 1.165) is 41.8 Å². The molecule has 6 nitrogen and oxygen atoms in total. The van der Waals surface area contributed by atoms with Crippen LogP contribution in [0.4, 0.5) is 5.69 Å². The normalized spacial score (nSPS) is 17.3. The number of anilines is 1. The minimum atomic E-state index is -0.133. The summed E-state index contributed by atoms with van der Waals surface area (Å²) in [6, 6.07) is 7.89. The van der Waals surface area contributed by atoms with Gasteiger partial charge >= 0.3 is 0 Å². The molecule has 4 rings (SSSR count). The van der Waals surface area contributed by atoms with E-state index >= 15 is 0 Å². The van der Waals surface area contributed by atoms with Crippen molar-refractivity contribution in [1.82, 2.24) is 15.1 Å². The lowest BCUT2D eigenvalue weighted by atomic mass is 10.1. The van der Waals surface area contributed by atoms with Gasteiger partial charge in [0.15, 0.2) is 5.69 Å². The third kappa shape index (κ3) is 2.48. The van der Waals surface area contributed by atoms with Crippen LogP contribution in [0.5, 0.6) is 0 Å². The van der Waals surface area contributed by atoms with Gasteiger partial charge < -0.3 is 9.80 Å². The highest BCUT2D eigenvalue weighted by Crippen LogP contribution is 2.25. The maximum atomic E-state index is 12.7. The van der Waals surface area contributed by atoms with Crippen molar-refractivity contribution in [1.29, 1.82) is 0 Å². The number of fused-ring (bicyclic) bond motifs is 1. The van der Waals surface area contributed by atoms with Gasteiger partial charge in [-0.15, -0.1) is 0 Å². The number of amides is 2. The molecule has 1 fully saturated rings. The average Bonchev–Trinajstić information content (AvgIpc) is 3.18. The second-order valence-corrected chi connectivity index (χ2v) is 6.49. The number of hydrogen-bond donors (Lipinski definition) is 1. The first-order valence-corrected chi connectivity index (χ1v) is 8.36. The molecule has 1 saturated heterocycles. The van der Waals surface area contributed by atoms with Gasteiger partial charge in [0.2, 0.25) is 5.91 Å². The van der Waals surface area contributed by atoms with Crippen molar-refractivity contribution in [2.75, 3.05) is 24.5 Å². The predicted molar refractivity (Wildman–Crippen MR) is 90.0 cm³/mol. The van der Waals surface area contributed by atoms with Crippen LogP contribution in [-0.4, -0.2) is 46.5 Å². The molecular formula is C18H20N4O2. The van der Waals surface area contributed by atoms with Crippen LogP contribution >= 0.6 is 0 Å². The molecule has 2 heterocycles. The number of H-pyrrole nitrogens is 1. The summed E-state index contributed by atoms with van der Waals surface area (Å²) >= 11 is 0. The lowest BCUT2D eigenvalue weighted by Gasteiger charge is -2.34. The standard InChI is InChI=1S/C18H20N4O2/c1-12-5-7-13(8-6-12)22-10-9-21(11-16(22)23)18(24)17-14-3-2-4-15(14)19-20-17/h5-8H,2-4,9-11H2,1H3,(H,19,20). The minimum Gasteiger partial charge on any atom is -0.326 e. The lowest BCUT2D eigenvalue weighted by molar-refractivity contribution is -0.120. The Bertz CT molecular complexity index is 794. The number of aromatic nitrogens is 2. The molecule has 0 atom stereocenters. The van der Waals surface area contributed by atoms with E-state index < -0.39 is 0 Å². The molecule has 0 unspecified atom stereocenters. The first-order chi connectivity index (χ1) is 11.6. The number of aryl methyl sites for hydroxylation is 2. The maximum absolute atomic E-state index is 12.7. The van der Waals surface area contributed by atoms with E-state index in [0.29, 0.717) is 18.8 Å². The van der Waals surface area contributed by atoms with E-state index in [2.05, 4.69) is 10.2 Å². The Labute approximate surface area is 140 Å². The van der Waals surface area contributed by atoms with Crippen molar-refractivity contribution in [3.8, 4) is 0 Å². The zero-order valence-corrected chi connectivity index (χ0v) is 13.7. The Morgan fingerprint density at radius 2 is 1.96 bits per heavy atom. The van der Waals surface area contributed by atoms with Crippen molar-refractivity contribution >= 4 is 17.5 Å². The molecule has 1 aromatic carbocycles. The number of benzene rings is 1. The van der Waals surface area contributed by atoms with Gasteiger partial charge in [-0.2, -0.15) is 5.10 Å². The third-order valence-electron chi connectivity index (χ3n) is 4.86. The number of carbonyl (C=O) groups excluding carboxylic acids is 2. The first-order valence-electron chi connectivity index (χ1n) is 8.36. The lowest BCUT2D eigenvalue weighted by Crippen LogP contribution is -2.52. The molecule has 2 aliphatic rings. The van der Waals surface area contributed by atoms with Crippen LogP contribution in [0, 0.1) is 6.92 Å². The smallest absolute Gasteiger partial charge is 0.275 e. The van der Waals surface area contributed by atoms with Crippen molar-refractivity contribution in [2.24, 2.45) is 0 Å². The van der Waals surface area contributed by atoms with E-state index in [1.54, 1.807) is 9.80 Å². The van der Waals surface area contributed by atoms with Crippen LogP contribution in [0.3, 0.4) is 0 Å². The van der Waals surface area contributed by atoms with Gasteiger partial charge in [0.25, 0.3) is 5.91 Å². The summed E-state index contributed by atoms with van der Waals surface area (Å²) in [5.74, 6) is -0.183. The van der Waals surface area contributed by atoms with Crippen molar-refractivity contribution in [3.05, 3.63) is 46.8 Å². The van der Waals surface area contributed by atoms with Crippen molar-refractivity contribution < 1.29 is 9.59 Å². The Morgan fingerprint density at radius 1 is 1.17 bits per heavy atom. The molecule has 6 heteroatoms. The van der Waals surface area contributed by atoms with Gasteiger partial charge in [-0.3, -0.25) is 14.7 Å². The van der Waals surface area contributed by atoms with E-state index in [1.807, 2.05) is 31.2 Å². The van der Waals surface area contributed by atoms with Crippen LogP contribution in [0.25, 0.3) is 0 Å². The van der Waals surface area contributed by atoms with Gasteiger partial charge in [0.05, 0.1) is 0 Å². The molecule has 2 aromatic rings. The van der Waals surface area contributed by atoms with Crippen molar-refractivity contribution in [2.45, 2.75) is 26.2 Å². The summed E-state index contributed by atoms with van der Waals surface area (Å²) in [6.45, 7) is 3.17. The maximum Gasteiger partial charge on any atom is 0.275 e. The molecule has 1 aliphatic carbocycles. The number of piperazine rings is 1. The molecule has 124 valence electrons. The molecule has 2 amide bonds. The van der Waals surface area contributed by atoms with E-state index in [4.69, 9.17) is 0 Å². The molecule has 0 spiro atoms. The summed E-state index contributed by atoms with van der Waals surface area (Å²) in [5, 5.41) is 7.15. The SMILES string of the molecule is Cc1ccc(N2CCN(C(=O)c3n[nH]c4c3CCC4)CC2=O)cc1. The fourth-order valence-electron chi connectivity index (χ4n) is 3.49. The van der Waals surface area contributed by atoms with Crippen LogP contribution < -0.4 is 4.90 Å². The Kier molecular flexibility index (Phi) is 3.59. The number of hydrogen-bond acceptors (Lipinski definition) is 3. The van der Waals surface area contributed by atoms with Crippen LogP contribution in [0.2, 0.25) is 0 Å². The zero-order valence-electron chi connectivity index (χ0n) is 13.7. The van der Waals surface area contributed by atoms with Crippen LogP contribution in [0.15, 0.2) is 24.3 Å². The summed E-state index contributed by atoms with van der Waals surface area (Å²) < 4.78 is 0. The quantitative estimate of drug-likeness (QED) is 0.914. The topological polar surface area (TPSA) is 69.3 Å². The van der Waals surface area contributed by atoms with E-state index in [9.17, 15) is 9.59 Å². The summed E-state index contributed by atoms with van der Waals surface area (Å²) in [6.07, 6.45) is 2.91. The minimum absolute atomic E-state index is 0.0503. The van der Waals surface area contributed by atoms with Crippen LogP contribution in [0.1, 0.15) is 33.7 Å². The largest absolute Gasteiger partial charge is 0.326 e. The van der Waals surface area contributed by atoms with Crippen molar-refractivity contribution in [3.63, 3.8) is 0 Å². The summed E-state index contributed by atoms with van der Waals surface area (Å²) in [7, 11) is 0. The fraction of sp³-hybridized carbons (Fsp3) is 0.389. The first kappa shape index (κ1) is 14.9. The molecule has 1 N–H and O–H groups in total. The average molecular weight is 324 g/mol. The number of carbonyl (C=O) groups is 2. The highest BCUT2D eigenvalue weighted by molar-refractivity contribution is 6.01. The van der Waals surface area contributed by atoms with Gasteiger partial charge in [-0.25, -0.2) is 0 Å². The Balaban J connectivity index is 1.49. The Morgan fingerprint density at radius 3 is 2.71 bits per heavy atom. The molecule has 0 bridgehead atoms. The molecule has 1 aliphatic heterocycles. The predicted octanol–water partition coefficient (Wildman–Crippen LogP) is 1.70. The molecular weight excluding hydrogens is 304 g/mol. The van der Waals surface area contributed by atoms with Crippen LogP contribution in [-0.2, 0) is 17.6 Å².